The molecule has 0 spiro atoms. The lowest BCUT2D eigenvalue weighted by molar-refractivity contribution is -0.131. The van der Waals surface area contributed by atoms with Crippen LogP contribution in [0.1, 0.15) is 30.8 Å². The zero-order valence-electron chi connectivity index (χ0n) is 11.4. The Bertz CT molecular complexity index is 479. The third-order valence-corrected chi connectivity index (χ3v) is 3.61. The molecule has 5 nitrogen and oxygen atoms in total. The summed E-state index contributed by atoms with van der Waals surface area (Å²) in [5, 5.41) is 0. The Labute approximate surface area is 113 Å². The Morgan fingerprint density at radius 2 is 2.11 bits per heavy atom. The van der Waals surface area contributed by atoms with E-state index in [9.17, 15) is 4.79 Å². The summed E-state index contributed by atoms with van der Waals surface area (Å²) in [7, 11) is 0. The molecule has 2 aliphatic rings. The summed E-state index contributed by atoms with van der Waals surface area (Å²) in [4.78, 5) is 22.4. The Morgan fingerprint density at radius 1 is 1.32 bits per heavy atom. The molecule has 0 radical (unpaired) electrons. The first-order chi connectivity index (χ1) is 9.11. The summed E-state index contributed by atoms with van der Waals surface area (Å²) in [6, 6.07) is 1.85. The van der Waals surface area contributed by atoms with E-state index in [4.69, 9.17) is 4.74 Å². The van der Waals surface area contributed by atoms with Crippen LogP contribution >= 0.6 is 0 Å². The minimum atomic E-state index is 0.0661. The Morgan fingerprint density at radius 3 is 2.79 bits per heavy atom. The predicted molar refractivity (Wildman–Crippen MR) is 69.8 cm³/mol. The van der Waals surface area contributed by atoms with Crippen molar-refractivity contribution in [2.45, 2.75) is 39.2 Å². The van der Waals surface area contributed by atoms with Crippen LogP contribution in [0.4, 0.5) is 0 Å². The predicted octanol–water partition coefficient (Wildman–Crippen LogP) is 1.48. The highest BCUT2D eigenvalue weighted by atomic mass is 16.5. The molecule has 0 unspecified atom stereocenters. The van der Waals surface area contributed by atoms with Gasteiger partial charge in [-0.3, -0.25) is 4.79 Å². The van der Waals surface area contributed by atoms with Gasteiger partial charge in [-0.2, -0.15) is 4.98 Å². The number of hydrogen-bond donors (Lipinski definition) is 0. The van der Waals surface area contributed by atoms with E-state index >= 15 is 0 Å². The van der Waals surface area contributed by atoms with Crippen molar-refractivity contribution < 1.29 is 9.53 Å². The third-order valence-electron chi connectivity index (χ3n) is 3.61. The molecule has 0 bridgehead atoms. The molecular formula is C14H19N3O2. The molecule has 5 heteroatoms. The number of carbonyl (C=O) groups excluding carboxylic acids is 1. The second-order valence-corrected chi connectivity index (χ2v) is 5.48. The first-order valence-corrected chi connectivity index (χ1v) is 6.89. The van der Waals surface area contributed by atoms with Crippen LogP contribution < -0.4 is 4.74 Å². The van der Waals surface area contributed by atoms with Crippen LogP contribution in [0.15, 0.2) is 6.07 Å². The zero-order chi connectivity index (χ0) is 13.4. The van der Waals surface area contributed by atoms with Crippen molar-refractivity contribution >= 4 is 5.91 Å². The lowest BCUT2D eigenvalue weighted by atomic mass is 10.3. The number of aromatic nitrogens is 2. The highest BCUT2D eigenvalue weighted by Gasteiger charge is 2.37. The van der Waals surface area contributed by atoms with E-state index in [2.05, 4.69) is 9.97 Å². The topological polar surface area (TPSA) is 55.3 Å². The van der Waals surface area contributed by atoms with Crippen LogP contribution in [0.3, 0.4) is 0 Å². The lowest BCUT2D eigenvalue weighted by Crippen LogP contribution is -2.32. The zero-order valence-corrected chi connectivity index (χ0v) is 11.4. The maximum atomic E-state index is 12.0. The van der Waals surface area contributed by atoms with Crippen LogP contribution in [0.5, 0.6) is 5.88 Å². The summed E-state index contributed by atoms with van der Waals surface area (Å²) in [6.45, 7) is 5.29. The first-order valence-electron chi connectivity index (χ1n) is 6.89. The first kappa shape index (κ1) is 12.4. The van der Waals surface area contributed by atoms with Gasteiger partial charge in [0, 0.05) is 30.6 Å². The average Bonchev–Trinajstić information content (AvgIpc) is 3.08. The number of likely N-dealkylation sites (tertiary alicyclic amines) is 1. The molecule has 19 heavy (non-hydrogen) atoms. The number of aryl methyl sites for hydroxylation is 2. The summed E-state index contributed by atoms with van der Waals surface area (Å²) < 4.78 is 5.87. The van der Waals surface area contributed by atoms with Gasteiger partial charge < -0.3 is 9.64 Å². The highest BCUT2D eigenvalue weighted by molar-refractivity contribution is 5.81. The molecule has 102 valence electrons. The molecule has 1 amide bonds. The van der Waals surface area contributed by atoms with Gasteiger partial charge in [0.05, 0.1) is 6.54 Å². The molecule has 0 aromatic carbocycles. The maximum Gasteiger partial charge on any atom is 0.225 e. The fraction of sp³-hybridized carbons (Fsp3) is 0.643. The molecule has 2 fully saturated rings. The Hall–Kier alpha value is -1.65. The van der Waals surface area contributed by atoms with Crippen molar-refractivity contribution in [3.8, 4) is 5.88 Å². The van der Waals surface area contributed by atoms with Crippen LogP contribution in [0.2, 0.25) is 0 Å². The van der Waals surface area contributed by atoms with E-state index < -0.39 is 0 Å². The second kappa shape index (κ2) is 4.79. The summed E-state index contributed by atoms with van der Waals surface area (Å²) in [6.07, 6.45) is 3.08. The van der Waals surface area contributed by atoms with Gasteiger partial charge >= 0.3 is 0 Å². The van der Waals surface area contributed by atoms with Crippen molar-refractivity contribution in [1.82, 2.24) is 14.9 Å². The molecule has 3 rings (SSSR count). The van der Waals surface area contributed by atoms with Crippen molar-refractivity contribution in [3.63, 3.8) is 0 Å². The van der Waals surface area contributed by atoms with E-state index in [1.54, 1.807) is 0 Å². The monoisotopic (exact) mass is 261 g/mol. The van der Waals surface area contributed by atoms with E-state index in [1.165, 1.54) is 0 Å². The number of amides is 1. The molecule has 1 saturated carbocycles. The number of ether oxygens (including phenoxy) is 1. The third kappa shape index (κ3) is 2.85. The Balaban J connectivity index is 1.60. The van der Waals surface area contributed by atoms with Crippen LogP contribution in [-0.4, -0.2) is 40.0 Å². The normalized spacial score (nSPS) is 22.6. The van der Waals surface area contributed by atoms with Gasteiger partial charge in [-0.1, -0.05) is 0 Å². The summed E-state index contributed by atoms with van der Waals surface area (Å²) >= 11 is 0. The minimum Gasteiger partial charge on any atom is -0.472 e. The van der Waals surface area contributed by atoms with Gasteiger partial charge in [-0.25, -0.2) is 4.98 Å². The fourth-order valence-electron chi connectivity index (χ4n) is 2.53. The van der Waals surface area contributed by atoms with Gasteiger partial charge in [0.15, 0.2) is 0 Å². The van der Waals surface area contributed by atoms with Crippen molar-refractivity contribution in [3.05, 3.63) is 17.6 Å². The van der Waals surface area contributed by atoms with Crippen LogP contribution in [0.25, 0.3) is 0 Å². The molecular weight excluding hydrogens is 242 g/mol. The van der Waals surface area contributed by atoms with Crippen LogP contribution in [-0.2, 0) is 4.79 Å². The van der Waals surface area contributed by atoms with E-state index in [1.807, 2.05) is 24.8 Å². The average molecular weight is 261 g/mol. The smallest absolute Gasteiger partial charge is 0.225 e. The van der Waals surface area contributed by atoms with Gasteiger partial charge in [0.1, 0.15) is 11.9 Å². The van der Waals surface area contributed by atoms with E-state index in [-0.39, 0.29) is 6.10 Å². The number of rotatable bonds is 3. The lowest BCUT2D eigenvalue weighted by Gasteiger charge is -2.16. The quantitative estimate of drug-likeness (QED) is 0.827. The van der Waals surface area contributed by atoms with Crippen LogP contribution in [0, 0.1) is 19.8 Å². The van der Waals surface area contributed by atoms with E-state index in [0.717, 1.165) is 37.3 Å². The SMILES string of the molecule is Cc1cc(O[C@H]2CCN(C(=O)C3CC3)C2)nc(C)n1. The second-order valence-electron chi connectivity index (χ2n) is 5.48. The largest absolute Gasteiger partial charge is 0.472 e. The molecule has 1 aliphatic carbocycles. The molecule has 0 N–H and O–H groups in total. The van der Waals surface area contributed by atoms with Crippen molar-refractivity contribution in [2.24, 2.45) is 5.92 Å². The van der Waals surface area contributed by atoms with Crippen molar-refractivity contribution in [1.29, 1.82) is 0 Å². The minimum absolute atomic E-state index is 0.0661. The maximum absolute atomic E-state index is 12.0. The Kier molecular flexibility index (Phi) is 3.12. The van der Waals surface area contributed by atoms with Gasteiger partial charge in [0.2, 0.25) is 11.8 Å². The number of carbonyl (C=O) groups is 1. The molecule has 1 aromatic heterocycles. The number of hydrogen-bond acceptors (Lipinski definition) is 4. The van der Waals surface area contributed by atoms with Gasteiger partial charge in [-0.05, 0) is 26.7 Å². The number of nitrogens with zero attached hydrogens (tertiary/aromatic N) is 3. The summed E-state index contributed by atoms with van der Waals surface area (Å²) in [5.74, 6) is 1.94. The molecule has 1 atom stereocenters. The molecule has 1 aliphatic heterocycles. The van der Waals surface area contributed by atoms with E-state index in [0.29, 0.717) is 24.2 Å². The molecule has 1 saturated heterocycles. The van der Waals surface area contributed by atoms with Gasteiger partial charge in [0.25, 0.3) is 0 Å². The highest BCUT2D eigenvalue weighted by Crippen LogP contribution is 2.32. The standard InChI is InChI=1S/C14H19N3O2/c1-9-7-13(16-10(2)15-9)19-12-5-6-17(8-12)14(18)11-3-4-11/h7,11-12H,3-6,8H2,1-2H3/t12-/m0/s1. The summed E-state index contributed by atoms with van der Waals surface area (Å²) in [5.41, 5.74) is 0.909. The van der Waals surface area contributed by atoms with Gasteiger partial charge in [-0.15, -0.1) is 0 Å². The molecule has 1 aromatic rings. The molecule has 2 heterocycles. The van der Waals surface area contributed by atoms with Crippen molar-refractivity contribution in [2.75, 3.05) is 13.1 Å². The fourth-order valence-corrected chi connectivity index (χ4v) is 2.53.